The predicted octanol–water partition coefficient (Wildman–Crippen LogP) is 3.82. The number of furan rings is 1. The molecule has 0 bridgehead atoms. The minimum atomic E-state index is -1.27. The Kier molecular flexibility index (Phi) is 4.90. The first-order valence-electron chi connectivity index (χ1n) is 6.14. The lowest BCUT2D eigenvalue weighted by atomic mass is 10.2. The Labute approximate surface area is 136 Å². The summed E-state index contributed by atoms with van der Waals surface area (Å²) in [6.07, 6.45) is 1.22. The molecule has 0 atom stereocenters. The lowest BCUT2D eigenvalue weighted by Gasteiger charge is -2.02. The van der Waals surface area contributed by atoms with Crippen molar-refractivity contribution in [3.63, 3.8) is 0 Å². The fraction of sp³-hybridized carbons (Fsp3) is 0.0667. The summed E-state index contributed by atoms with van der Waals surface area (Å²) in [5.74, 6) is -1.02. The molecule has 5 nitrogen and oxygen atoms in total. The largest absolute Gasteiger partial charge is 0.477 e. The van der Waals surface area contributed by atoms with Crippen molar-refractivity contribution in [2.45, 2.75) is 6.92 Å². The van der Waals surface area contributed by atoms with E-state index in [2.05, 4.69) is 5.32 Å². The minimum Gasteiger partial charge on any atom is -0.477 e. The van der Waals surface area contributed by atoms with E-state index in [0.29, 0.717) is 21.4 Å². The summed E-state index contributed by atoms with van der Waals surface area (Å²) in [5, 5.41) is 12.2. The molecule has 0 fully saturated rings. The maximum absolute atomic E-state index is 11.0. The van der Waals surface area contributed by atoms with Crippen molar-refractivity contribution in [1.82, 2.24) is 5.32 Å². The molecule has 0 radical (unpaired) electrons. The Bertz CT molecular complexity index is 765. The number of carboxylic acid groups (broad SMARTS) is 1. The molecule has 2 N–H and O–H groups in total. The third-order valence-corrected chi connectivity index (χ3v) is 3.20. The Morgan fingerprint density at radius 2 is 1.95 bits per heavy atom. The molecule has 0 aliphatic heterocycles. The van der Waals surface area contributed by atoms with E-state index in [1.165, 1.54) is 13.0 Å². The zero-order chi connectivity index (χ0) is 16.3. The molecule has 1 heterocycles. The van der Waals surface area contributed by atoms with Crippen molar-refractivity contribution in [3.8, 4) is 11.3 Å². The molecular formula is C15H11Cl2NO4. The normalized spacial score (nSPS) is 11.3. The molecule has 1 aromatic heterocycles. The van der Waals surface area contributed by atoms with Crippen LogP contribution in [0.5, 0.6) is 0 Å². The maximum atomic E-state index is 11.0. The molecule has 0 aliphatic carbocycles. The first-order valence-corrected chi connectivity index (χ1v) is 6.90. The van der Waals surface area contributed by atoms with Crippen LogP contribution in [0.4, 0.5) is 0 Å². The summed E-state index contributed by atoms with van der Waals surface area (Å²) in [7, 11) is 0. The first kappa shape index (κ1) is 16.1. The van der Waals surface area contributed by atoms with Gasteiger partial charge >= 0.3 is 5.97 Å². The highest BCUT2D eigenvalue weighted by Crippen LogP contribution is 2.31. The Balaban J connectivity index is 2.34. The number of hydrogen-bond acceptors (Lipinski definition) is 3. The number of aliphatic carboxylic acids is 1. The van der Waals surface area contributed by atoms with Crippen LogP contribution in [-0.4, -0.2) is 17.0 Å². The van der Waals surface area contributed by atoms with Gasteiger partial charge in [0.2, 0.25) is 5.91 Å². The monoisotopic (exact) mass is 339 g/mol. The van der Waals surface area contributed by atoms with Crippen LogP contribution < -0.4 is 5.32 Å². The average molecular weight is 340 g/mol. The molecule has 1 aromatic carbocycles. The third-order valence-electron chi connectivity index (χ3n) is 2.65. The Morgan fingerprint density at radius 3 is 2.55 bits per heavy atom. The van der Waals surface area contributed by atoms with E-state index in [4.69, 9.17) is 32.7 Å². The summed E-state index contributed by atoms with van der Waals surface area (Å²) in [4.78, 5) is 22.0. The number of rotatable bonds is 4. The number of amides is 1. The standard InChI is InChI=1S/C15H11Cl2NO4/c1-8(19)18-13(15(20)21)7-10-3-5-14(22-10)11-4-2-9(16)6-12(11)17/h2-7H,1H3,(H,18,19)(H,20,21)/b13-7+. The predicted molar refractivity (Wildman–Crippen MR) is 83.6 cm³/mol. The molecule has 2 rings (SSSR count). The number of carbonyl (C=O) groups is 2. The third kappa shape index (κ3) is 3.90. The van der Waals surface area contributed by atoms with Gasteiger partial charge in [-0.25, -0.2) is 4.79 Å². The van der Waals surface area contributed by atoms with Crippen molar-refractivity contribution in [2.24, 2.45) is 0 Å². The summed E-state index contributed by atoms with van der Waals surface area (Å²) in [6.45, 7) is 1.22. The van der Waals surface area contributed by atoms with Gasteiger partial charge in [0.05, 0.1) is 5.02 Å². The molecular weight excluding hydrogens is 329 g/mol. The van der Waals surface area contributed by atoms with Crippen molar-refractivity contribution in [1.29, 1.82) is 0 Å². The summed E-state index contributed by atoms with van der Waals surface area (Å²) >= 11 is 11.9. The van der Waals surface area contributed by atoms with Gasteiger partial charge in [-0.15, -0.1) is 0 Å². The first-order chi connectivity index (χ1) is 10.4. The van der Waals surface area contributed by atoms with Gasteiger partial charge in [-0.1, -0.05) is 23.2 Å². The van der Waals surface area contributed by atoms with Crippen molar-refractivity contribution >= 4 is 41.2 Å². The molecule has 1 amide bonds. The van der Waals surface area contributed by atoms with Gasteiger partial charge < -0.3 is 14.8 Å². The molecule has 22 heavy (non-hydrogen) atoms. The zero-order valence-electron chi connectivity index (χ0n) is 11.4. The van der Waals surface area contributed by atoms with Crippen LogP contribution in [0.25, 0.3) is 17.4 Å². The van der Waals surface area contributed by atoms with E-state index in [1.54, 1.807) is 30.3 Å². The molecule has 0 saturated carbocycles. The lowest BCUT2D eigenvalue weighted by Crippen LogP contribution is -2.24. The van der Waals surface area contributed by atoms with Gasteiger partial charge in [0.25, 0.3) is 0 Å². The molecule has 0 saturated heterocycles. The number of halogens is 2. The number of nitrogens with one attached hydrogen (secondary N) is 1. The average Bonchev–Trinajstić information content (AvgIpc) is 2.85. The van der Waals surface area contributed by atoms with Crippen molar-refractivity contribution < 1.29 is 19.1 Å². The molecule has 0 aliphatic rings. The fourth-order valence-corrected chi connectivity index (χ4v) is 2.25. The summed E-state index contributed by atoms with van der Waals surface area (Å²) in [6, 6.07) is 8.17. The maximum Gasteiger partial charge on any atom is 0.352 e. The van der Waals surface area contributed by atoms with Gasteiger partial charge in [0.1, 0.15) is 17.2 Å². The molecule has 7 heteroatoms. The topological polar surface area (TPSA) is 79.5 Å². The highest BCUT2D eigenvalue weighted by atomic mass is 35.5. The van der Waals surface area contributed by atoms with Crippen LogP contribution in [0.15, 0.2) is 40.4 Å². The van der Waals surface area contributed by atoms with Crippen LogP contribution in [0.3, 0.4) is 0 Å². The summed E-state index contributed by atoms with van der Waals surface area (Å²) < 4.78 is 5.53. The number of hydrogen-bond donors (Lipinski definition) is 2. The smallest absolute Gasteiger partial charge is 0.352 e. The Hall–Kier alpha value is -2.24. The van der Waals surface area contributed by atoms with Crippen LogP contribution >= 0.6 is 23.2 Å². The fourth-order valence-electron chi connectivity index (χ4n) is 1.75. The van der Waals surface area contributed by atoms with Crippen LogP contribution in [0.1, 0.15) is 12.7 Å². The van der Waals surface area contributed by atoms with Gasteiger partial charge in [0, 0.05) is 23.6 Å². The quantitative estimate of drug-likeness (QED) is 0.830. The van der Waals surface area contributed by atoms with E-state index in [-0.39, 0.29) is 11.5 Å². The highest BCUT2D eigenvalue weighted by Gasteiger charge is 2.12. The lowest BCUT2D eigenvalue weighted by molar-refractivity contribution is -0.134. The van der Waals surface area contributed by atoms with E-state index >= 15 is 0 Å². The minimum absolute atomic E-state index is 0.271. The second kappa shape index (κ2) is 6.68. The zero-order valence-corrected chi connectivity index (χ0v) is 12.9. The second-order valence-corrected chi connectivity index (χ2v) is 5.21. The molecule has 0 spiro atoms. The van der Waals surface area contributed by atoms with E-state index in [1.807, 2.05) is 0 Å². The van der Waals surface area contributed by atoms with E-state index in [9.17, 15) is 9.59 Å². The number of benzene rings is 1. The van der Waals surface area contributed by atoms with E-state index < -0.39 is 11.9 Å². The van der Waals surface area contributed by atoms with Gasteiger partial charge in [0.15, 0.2) is 0 Å². The van der Waals surface area contributed by atoms with Crippen LogP contribution in [0.2, 0.25) is 10.0 Å². The highest BCUT2D eigenvalue weighted by molar-refractivity contribution is 6.36. The Morgan fingerprint density at radius 1 is 1.23 bits per heavy atom. The molecule has 0 unspecified atom stereocenters. The van der Waals surface area contributed by atoms with Crippen LogP contribution in [-0.2, 0) is 9.59 Å². The number of carboxylic acids is 1. The van der Waals surface area contributed by atoms with Gasteiger partial charge in [-0.2, -0.15) is 0 Å². The van der Waals surface area contributed by atoms with Crippen molar-refractivity contribution in [3.05, 3.63) is 51.8 Å². The SMILES string of the molecule is CC(=O)N/C(=C/c1ccc(-c2ccc(Cl)cc2Cl)o1)C(=O)O. The molecule has 2 aromatic rings. The summed E-state index contributed by atoms with van der Waals surface area (Å²) in [5.41, 5.74) is 0.345. The van der Waals surface area contributed by atoms with Gasteiger partial charge in [-0.3, -0.25) is 4.79 Å². The van der Waals surface area contributed by atoms with Crippen molar-refractivity contribution in [2.75, 3.05) is 0 Å². The second-order valence-electron chi connectivity index (χ2n) is 4.37. The van der Waals surface area contributed by atoms with Crippen LogP contribution in [0, 0.1) is 0 Å². The van der Waals surface area contributed by atoms with Gasteiger partial charge in [-0.05, 0) is 30.3 Å². The molecule has 114 valence electrons. The number of carbonyl (C=O) groups excluding carboxylic acids is 1. The van der Waals surface area contributed by atoms with E-state index in [0.717, 1.165) is 0 Å².